The minimum Gasteiger partial charge on any atom is -0.467 e. The summed E-state index contributed by atoms with van der Waals surface area (Å²) in [5.74, 6) is 0.768. The van der Waals surface area contributed by atoms with Crippen LogP contribution in [-0.4, -0.2) is 41.9 Å². The molecule has 1 saturated carbocycles. The summed E-state index contributed by atoms with van der Waals surface area (Å²) in [6, 6.07) is 3.75. The van der Waals surface area contributed by atoms with Gasteiger partial charge in [0.05, 0.1) is 25.4 Å². The third-order valence-electron chi connectivity index (χ3n) is 5.00. The second-order valence-corrected chi connectivity index (χ2v) is 6.83. The minimum absolute atomic E-state index is 0.0191. The van der Waals surface area contributed by atoms with Crippen molar-refractivity contribution in [1.29, 1.82) is 0 Å². The van der Waals surface area contributed by atoms with Crippen molar-refractivity contribution < 1.29 is 14.0 Å². The first-order valence-corrected chi connectivity index (χ1v) is 9.06. The molecule has 2 aliphatic rings. The Morgan fingerprint density at radius 2 is 2.00 bits per heavy atom. The van der Waals surface area contributed by atoms with Gasteiger partial charge in [0.2, 0.25) is 11.8 Å². The Morgan fingerprint density at radius 3 is 2.75 bits per heavy atom. The lowest BCUT2D eigenvalue weighted by atomic mass is 9.95. The number of nitrogens with zero attached hydrogens (tertiary/aromatic N) is 1. The van der Waals surface area contributed by atoms with E-state index in [1.54, 1.807) is 12.3 Å². The number of nitrogens with one attached hydrogen (secondary N) is 2. The Morgan fingerprint density at radius 1 is 1.17 bits per heavy atom. The van der Waals surface area contributed by atoms with Crippen molar-refractivity contribution in [3.8, 4) is 0 Å². The van der Waals surface area contributed by atoms with Crippen molar-refractivity contribution in [2.24, 2.45) is 0 Å². The van der Waals surface area contributed by atoms with E-state index in [1.807, 2.05) is 11.0 Å². The normalized spacial score (nSPS) is 22.4. The number of carbonyl (C=O) groups excluding carboxylic acids is 2. The molecule has 2 fully saturated rings. The van der Waals surface area contributed by atoms with E-state index in [0.717, 1.165) is 38.0 Å². The van der Waals surface area contributed by atoms with Crippen LogP contribution in [0.5, 0.6) is 0 Å². The summed E-state index contributed by atoms with van der Waals surface area (Å²) in [4.78, 5) is 26.7. The number of likely N-dealkylation sites (tertiary alicyclic amines) is 1. The van der Waals surface area contributed by atoms with E-state index < -0.39 is 0 Å². The zero-order chi connectivity index (χ0) is 16.8. The van der Waals surface area contributed by atoms with E-state index >= 15 is 0 Å². The van der Waals surface area contributed by atoms with Crippen LogP contribution in [0.1, 0.15) is 50.7 Å². The second kappa shape index (κ2) is 8.33. The molecule has 3 rings (SSSR count). The molecule has 1 aliphatic carbocycles. The maximum atomic E-state index is 12.4. The first-order chi connectivity index (χ1) is 11.7. The number of rotatable bonds is 6. The lowest BCUT2D eigenvalue weighted by Crippen LogP contribution is -2.48. The van der Waals surface area contributed by atoms with Crippen molar-refractivity contribution in [2.75, 3.05) is 13.1 Å². The highest BCUT2D eigenvalue weighted by molar-refractivity contribution is 5.84. The van der Waals surface area contributed by atoms with Gasteiger partial charge < -0.3 is 15.1 Å². The standard InChI is InChI=1S/C18H27N3O3/c22-17(20-14-6-2-1-3-7-14)13-21-10-4-9-16(21)18(23)19-12-15-8-5-11-24-15/h5,8,11,14,16H,1-4,6-7,9-10,12-13H2,(H,19,23)(H,20,22). The summed E-state index contributed by atoms with van der Waals surface area (Å²) in [6.45, 7) is 1.51. The highest BCUT2D eigenvalue weighted by Crippen LogP contribution is 2.19. The molecule has 2 heterocycles. The zero-order valence-electron chi connectivity index (χ0n) is 14.1. The second-order valence-electron chi connectivity index (χ2n) is 6.83. The Bertz CT molecular complexity index is 538. The maximum Gasteiger partial charge on any atom is 0.237 e. The Kier molecular flexibility index (Phi) is 5.91. The molecule has 24 heavy (non-hydrogen) atoms. The van der Waals surface area contributed by atoms with Crippen LogP contribution in [-0.2, 0) is 16.1 Å². The minimum atomic E-state index is -0.211. The van der Waals surface area contributed by atoms with Gasteiger partial charge in [0, 0.05) is 6.04 Å². The number of hydrogen-bond acceptors (Lipinski definition) is 4. The van der Waals surface area contributed by atoms with Gasteiger partial charge in [-0.3, -0.25) is 14.5 Å². The molecule has 6 heteroatoms. The summed E-state index contributed by atoms with van der Waals surface area (Å²) in [5, 5.41) is 6.04. The van der Waals surface area contributed by atoms with Crippen LogP contribution < -0.4 is 10.6 Å². The van der Waals surface area contributed by atoms with E-state index in [4.69, 9.17) is 4.42 Å². The number of furan rings is 1. The fourth-order valence-electron chi connectivity index (χ4n) is 3.72. The van der Waals surface area contributed by atoms with Crippen LogP contribution in [0.3, 0.4) is 0 Å². The van der Waals surface area contributed by atoms with Crippen LogP contribution in [0.4, 0.5) is 0 Å². The van der Waals surface area contributed by atoms with Crippen molar-refractivity contribution in [3.63, 3.8) is 0 Å². The monoisotopic (exact) mass is 333 g/mol. The molecule has 0 spiro atoms. The van der Waals surface area contributed by atoms with Gasteiger partial charge in [-0.2, -0.15) is 0 Å². The van der Waals surface area contributed by atoms with Crippen molar-refractivity contribution in [2.45, 2.75) is 63.6 Å². The van der Waals surface area contributed by atoms with Crippen LogP contribution in [0.2, 0.25) is 0 Å². The van der Waals surface area contributed by atoms with Crippen molar-refractivity contribution in [3.05, 3.63) is 24.2 Å². The molecule has 1 aromatic rings. The number of amides is 2. The van der Waals surface area contributed by atoms with E-state index in [1.165, 1.54) is 19.3 Å². The molecule has 2 amide bonds. The largest absolute Gasteiger partial charge is 0.467 e. The topological polar surface area (TPSA) is 74.6 Å². The van der Waals surface area contributed by atoms with Gasteiger partial charge >= 0.3 is 0 Å². The molecule has 0 bridgehead atoms. The summed E-state index contributed by atoms with van der Waals surface area (Å²) in [6.07, 6.45) is 9.20. The summed E-state index contributed by atoms with van der Waals surface area (Å²) in [5.41, 5.74) is 0. The van der Waals surface area contributed by atoms with Crippen LogP contribution in [0, 0.1) is 0 Å². The van der Waals surface area contributed by atoms with Gasteiger partial charge in [-0.1, -0.05) is 19.3 Å². The average Bonchev–Trinajstić information content (AvgIpc) is 3.25. The predicted molar refractivity (Wildman–Crippen MR) is 90.2 cm³/mol. The molecule has 1 atom stereocenters. The SMILES string of the molecule is O=C(CN1CCCC1C(=O)NCc1ccco1)NC1CCCCC1. The van der Waals surface area contributed by atoms with Gasteiger partial charge in [-0.15, -0.1) is 0 Å². The third kappa shape index (κ3) is 4.60. The molecule has 1 aliphatic heterocycles. The van der Waals surface area contributed by atoms with E-state index in [-0.39, 0.29) is 17.9 Å². The predicted octanol–water partition coefficient (Wildman–Crippen LogP) is 1.81. The quantitative estimate of drug-likeness (QED) is 0.832. The molecule has 2 N–H and O–H groups in total. The third-order valence-corrected chi connectivity index (χ3v) is 5.00. The molecule has 6 nitrogen and oxygen atoms in total. The number of hydrogen-bond donors (Lipinski definition) is 2. The molecule has 1 unspecified atom stereocenters. The lowest BCUT2D eigenvalue weighted by molar-refractivity contribution is -0.128. The molecule has 0 radical (unpaired) electrons. The molecule has 132 valence electrons. The molecule has 0 aromatic carbocycles. The van der Waals surface area contributed by atoms with E-state index in [9.17, 15) is 9.59 Å². The van der Waals surface area contributed by atoms with Gasteiger partial charge in [0.15, 0.2) is 0 Å². The van der Waals surface area contributed by atoms with Crippen LogP contribution in [0.15, 0.2) is 22.8 Å². The van der Waals surface area contributed by atoms with E-state index in [0.29, 0.717) is 19.1 Å². The van der Waals surface area contributed by atoms with Gasteiger partial charge in [-0.25, -0.2) is 0 Å². The van der Waals surface area contributed by atoms with Crippen LogP contribution >= 0.6 is 0 Å². The summed E-state index contributed by atoms with van der Waals surface area (Å²) >= 11 is 0. The molecule has 1 aromatic heterocycles. The van der Waals surface area contributed by atoms with E-state index in [2.05, 4.69) is 10.6 Å². The first-order valence-electron chi connectivity index (χ1n) is 9.06. The Balaban J connectivity index is 1.45. The van der Waals surface area contributed by atoms with Gasteiger partial charge in [0.25, 0.3) is 0 Å². The fourth-order valence-corrected chi connectivity index (χ4v) is 3.72. The lowest BCUT2D eigenvalue weighted by Gasteiger charge is -2.26. The number of carbonyl (C=O) groups is 2. The highest BCUT2D eigenvalue weighted by atomic mass is 16.3. The van der Waals surface area contributed by atoms with Crippen molar-refractivity contribution >= 4 is 11.8 Å². The van der Waals surface area contributed by atoms with Gasteiger partial charge in [0.1, 0.15) is 5.76 Å². The highest BCUT2D eigenvalue weighted by Gasteiger charge is 2.32. The summed E-state index contributed by atoms with van der Waals surface area (Å²) in [7, 11) is 0. The fraction of sp³-hybridized carbons (Fsp3) is 0.667. The molecular formula is C18H27N3O3. The maximum absolute atomic E-state index is 12.4. The average molecular weight is 333 g/mol. The van der Waals surface area contributed by atoms with Crippen molar-refractivity contribution in [1.82, 2.24) is 15.5 Å². The molecule has 1 saturated heterocycles. The Hall–Kier alpha value is -1.82. The first kappa shape index (κ1) is 17.0. The zero-order valence-corrected chi connectivity index (χ0v) is 14.1. The smallest absolute Gasteiger partial charge is 0.237 e. The summed E-state index contributed by atoms with van der Waals surface area (Å²) < 4.78 is 5.23. The Labute approximate surface area is 143 Å². The molecular weight excluding hydrogens is 306 g/mol. The van der Waals surface area contributed by atoms with Crippen LogP contribution in [0.25, 0.3) is 0 Å². The van der Waals surface area contributed by atoms with Gasteiger partial charge in [-0.05, 0) is 44.4 Å².